The van der Waals surface area contributed by atoms with Crippen LogP contribution in [0.2, 0.25) is 0 Å². The lowest BCUT2D eigenvalue weighted by Crippen LogP contribution is -2.21. The standard InChI is InChI=1S/C13H22N2OS/c1-11-6-14-15(7-11)8-12-2-4-13(5-3-12)9-16-10-17/h6-7,12-13,17H,2-5,8-10H2,1H3/t12-,13-. The van der Waals surface area contributed by atoms with Crippen LogP contribution in [0.5, 0.6) is 0 Å². The number of rotatable bonds is 5. The molecular formula is C13H22N2OS. The van der Waals surface area contributed by atoms with Gasteiger partial charge in [-0.3, -0.25) is 4.68 Å². The summed E-state index contributed by atoms with van der Waals surface area (Å²) in [6.45, 7) is 4.06. The summed E-state index contributed by atoms with van der Waals surface area (Å²) in [5.74, 6) is 2.09. The number of nitrogens with zero attached hydrogens (tertiary/aromatic N) is 2. The van der Waals surface area contributed by atoms with E-state index in [0.29, 0.717) is 5.94 Å². The molecule has 0 aliphatic heterocycles. The van der Waals surface area contributed by atoms with E-state index in [-0.39, 0.29) is 0 Å². The summed E-state index contributed by atoms with van der Waals surface area (Å²) >= 11 is 4.07. The Kier molecular flexibility index (Phi) is 4.92. The van der Waals surface area contributed by atoms with Crippen molar-refractivity contribution in [3.05, 3.63) is 18.0 Å². The maximum absolute atomic E-state index is 5.38. The molecule has 1 aromatic heterocycles. The largest absolute Gasteiger partial charge is 0.371 e. The third-order valence-corrected chi connectivity index (χ3v) is 3.80. The number of aromatic nitrogens is 2. The molecule has 1 aromatic rings. The molecule has 0 saturated heterocycles. The van der Waals surface area contributed by atoms with E-state index in [0.717, 1.165) is 25.0 Å². The summed E-state index contributed by atoms with van der Waals surface area (Å²) in [7, 11) is 0. The van der Waals surface area contributed by atoms with Crippen LogP contribution in [0.4, 0.5) is 0 Å². The van der Waals surface area contributed by atoms with Gasteiger partial charge in [-0.2, -0.15) is 17.7 Å². The highest BCUT2D eigenvalue weighted by Gasteiger charge is 2.21. The average Bonchev–Trinajstić information content (AvgIpc) is 2.74. The van der Waals surface area contributed by atoms with Crippen molar-refractivity contribution < 1.29 is 4.74 Å². The van der Waals surface area contributed by atoms with E-state index in [1.54, 1.807) is 0 Å². The Morgan fingerprint density at radius 3 is 2.65 bits per heavy atom. The molecule has 0 amide bonds. The molecule has 0 aromatic carbocycles. The smallest absolute Gasteiger partial charge is 0.0892 e. The summed E-state index contributed by atoms with van der Waals surface area (Å²) in [5.41, 5.74) is 1.25. The van der Waals surface area contributed by atoms with Gasteiger partial charge in [0.05, 0.1) is 18.7 Å². The highest BCUT2D eigenvalue weighted by atomic mass is 32.1. The van der Waals surface area contributed by atoms with Crippen molar-refractivity contribution in [2.75, 3.05) is 12.5 Å². The Labute approximate surface area is 109 Å². The Balaban J connectivity index is 1.72. The third kappa shape index (κ3) is 4.03. The first-order chi connectivity index (χ1) is 8.28. The van der Waals surface area contributed by atoms with Crippen molar-refractivity contribution in [3.63, 3.8) is 0 Å². The summed E-state index contributed by atoms with van der Waals surface area (Å²) in [6, 6.07) is 0. The summed E-state index contributed by atoms with van der Waals surface area (Å²) in [5, 5.41) is 4.36. The van der Waals surface area contributed by atoms with Crippen molar-refractivity contribution in [2.24, 2.45) is 11.8 Å². The van der Waals surface area contributed by atoms with Crippen LogP contribution in [-0.2, 0) is 11.3 Å². The van der Waals surface area contributed by atoms with Gasteiger partial charge in [-0.05, 0) is 50.0 Å². The highest BCUT2D eigenvalue weighted by Crippen LogP contribution is 2.29. The molecule has 2 rings (SSSR count). The summed E-state index contributed by atoms with van der Waals surface area (Å²) in [4.78, 5) is 0. The van der Waals surface area contributed by atoms with E-state index in [1.165, 1.54) is 31.2 Å². The molecule has 0 atom stereocenters. The van der Waals surface area contributed by atoms with Crippen molar-refractivity contribution in [1.29, 1.82) is 0 Å². The number of thiol groups is 1. The van der Waals surface area contributed by atoms with Crippen molar-refractivity contribution in [1.82, 2.24) is 9.78 Å². The van der Waals surface area contributed by atoms with Crippen LogP contribution in [0, 0.1) is 18.8 Å². The quantitative estimate of drug-likeness (QED) is 0.646. The second-order valence-corrected chi connectivity index (χ2v) is 5.38. The maximum atomic E-state index is 5.38. The lowest BCUT2D eigenvalue weighted by Gasteiger charge is -2.28. The normalized spacial score (nSPS) is 25.1. The highest BCUT2D eigenvalue weighted by molar-refractivity contribution is 7.80. The number of hydrogen-bond acceptors (Lipinski definition) is 3. The fraction of sp³-hybridized carbons (Fsp3) is 0.769. The van der Waals surface area contributed by atoms with Crippen molar-refractivity contribution >= 4 is 12.6 Å². The van der Waals surface area contributed by atoms with Gasteiger partial charge in [0, 0.05) is 12.7 Å². The van der Waals surface area contributed by atoms with Crippen LogP contribution in [0.25, 0.3) is 0 Å². The van der Waals surface area contributed by atoms with Crippen molar-refractivity contribution in [2.45, 2.75) is 39.2 Å². The first kappa shape index (κ1) is 13.0. The zero-order valence-corrected chi connectivity index (χ0v) is 11.4. The first-order valence-electron chi connectivity index (χ1n) is 6.45. The molecule has 3 nitrogen and oxygen atoms in total. The maximum Gasteiger partial charge on any atom is 0.0892 e. The number of hydrogen-bond donors (Lipinski definition) is 1. The molecule has 1 fully saturated rings. The summed E-state index contributed by atoms with van der Waals surface area (Å²) < 4.78 is 7.46. The Hall–Kier alpha value is -0.480. The second kappa shape index (κ2) is 6.45. The van der Waals surface area contributed by atoms with E-state index in [4.69, 9.17) is 4.74 Å². The molecule has 0 radical (unpaired) electrons. The number of aryl methyl sites for hydroxylation is 1. The Bertz CT molecular complexity index is 332. The molecule has 4 heteroatoms. The van der Waals surface area contributed by atoms with E-state index in [1.807, 2.05) is 6.20 Å². The van der Waals surface area contributed by atoms with E-state index < -0.39 is 0 Å². The van der Waals surface area contributed by atoms with Gasteiger partial charge in [0.1, 0.15) is 0 Å². The molecule has 96 valence electrons. The average molecular weight is 254 g/mol. The zero-order valence-electron chi connectivity index (χ0n) is 10.5. The monoisotopic (exact) mass is 254 g/mol. The molecular weight excluding hydrogens is 232 g/mol. The minimum atomic E-state index is 0.548. The predicted molar refractivity (Wildman–Crippen MR) is 72.2 cm³/mol. The van der Waals surface area contributed by atoms with Crippen LogP contribution < -0.4 is 0 Å². The van der Waals surface area contributed by atoms with Gasteiger partial charge in [0.25, 0.3) is 0 Å². The first-order valence-corrected chi connectivity index (χ1v) is 7.09. The third-order valence-electron chi connectivity index (χ3n) is 3.62. The van der Waals surface area contributed by atoms with E-state index in [9.17, 15) is 0 Å². The zero-order chi connectivity index (χ0) is 12.1. The predicted octanol–water partition coefficient (Wildman–Crippen LogP) is 2.90. The fourth-order valence-electron chi connectivity index (χ4n) is 2.63. The minimum absolute atomic E-state index is 0.548. The second-order valence-electron chi connectivity index (χ2n) is 5.13. The van der Waals surface area contributed by atoms with Gasteiger partial charge in [-0.15, -0.1) is 0 Å². The van der Waals surface area contributed by atoms with Gasteiger partial charge < -0.3 is 4.74 Å². The SMILES string of the molecule is Cc1cnn(C[C@H]2CC[C@H](COCS)CC2)c1. The molecule has 0 bridgehead atoms. The summed E-state index contributed by atoms with van der Waals surface area (Å²) in [6.07, 6.45) is 9.26. The van der Waals surface area contributed by atoms with E-state index in [2.05, 4.69) is 35.5 Å². The van der Waals surface area contributed by atoms with Gasteiger partial charge in [-0.25, -0.2) is 0 Å². The molecule has 0 N–H and O–H groups in total. The lowest BCUT2D eigenvalue weighted by molar-refractivity contribution is 0.106. The number of ether oxygens (including phenoxy) is 1. The van der Waals surface area contributed by atoms with Crippen LogP contribution >= 0.6 is 12.6 Å². The molecule has 0 unspecified atom stereocenters. The fourth-order valence-corrected chi connectivity index (χ4v) is 2.74. The van der Waals surface area contributed by atoms with E-state index >= 15 is 0 Å². The lowest BCUT2D eigenvalue weighted by atomic mass is 9.82. The molecule has 1 saturated carbocycles. The topological polar surface area (TPSA) is 27.1 Å². The Morgan fingerprint density at radius 1 is 1.35 bits per heavy atom. The van der Waals surface area contributed by atoms with Gasteiger partial charge in [0.15, 0.2) is 0 Å². The molecule has 1 heterocycles. The molecule has 17 heavy (non-hydrogen) atoms. The van der Waals surface area contributed by atoms with Gasteiger partial charge in [-0.1, -0.05) is 0 Å². The Morgan fingerprint density at radius 2 is 2.06 bits per heavy atom. The van der Waals surface area contributed by atoms with Crippen LogP contribution in [0.3, 0.4) is 0 Å². The molecule has 0 spiro atoms. The van der Waals surface area contributed by atoms with Gasteiger partial charge >= 0.3 is 0 Å². The van der Waals surface area contributed by atoms with Crippen LogP contribution in [-0.4, -0.2) is 22.3 Å². The molecule has 1 aliphatic carbocycles. The van der Waals surface area contributed by atoms with Crippen molar-refractivity contribution in [3.8, 4) is 0 Å². The van der Waals surface area contributed by atoms with Crippen LogP contribution in [0.15, 0.2) is 12.4 Å². The van der Waals surface area contributed by atoms with Crippen LogP contribution in [0.1, 0.15) is 31.2 Å². The molecule has 1 aliphatic rings. The minimum Gasteiger partial charge on any atom is -0.371 e. The van der Waals surface area contributed by atoms with Gasteiger partial charge in [0.2, 0.25) is 0 Å².